The van der Waals surface area contributed by atoms with E-state index in [1.54, 1.807) is 0 Å². The van der Waals surface area contributed by atoms with E-state index < -0.39 is 5.60 Å². The van der Waals surface area contributed by atoms with Crippen LogP contribution in [0.2, 0.25) is 0 Å². The molecule has 1 rings (SSSR count). The molecule has 1 heterocycles. The Balaban J connectivity index is 2.40. The average Bonchev–Trinajstić information content (AvgIpc) is 2.62. The van der Waals surface area contributed by atoms with Gasteiger partial charge in [0, 0.05) is 25.7 Å². The van der Waals surface area contributed by atoms with E-state index in [0.29, 0.717) is 18.0 Å². The molecule has 2 atom stereocenters. The van der Waals surface area contributed by atoms with Crippen molar-refractivity contribution in [1.29, 1.82) is 0 Å². The Kier molecular flexibility index (Phi) is 5.22. The molecule has 0 amide bonds. The normalized spacial score (nSPS) is 25.7. The number of hydrogen-bond acceptors (Lipinski definition) is 3. The van der Waals surface area contributed by atoms with Crippen LogP contribution in [0.15, 0.2) is 0 Å². The molecular weight excluding hydrogens is 224 g/mol. The van der Waals surface area contributed by atoms with E-state index >= 15 is 0 Å². The van der Waals surface area contributed by atoms with Crippen LogP contribution in [0.4, 0.5) is 0 Å². The van der Waals surface area contributed by atoms with Gasteiger partial charge in [-0.1, -0.05) is 34.6 Å². The van der Waals surface area contributed by atoms with Gasteiger partial charge in [-0.15, -0.1) is 0 Å². The van der Waals surface area contributed by atoms with Gasteiger partial charge in [0.1, 0.15) is 0 Å². The monoisotopic (exact) mass is 256 g/mol. The van der Waals surface area contributed by atoms with Crippen molar-refractivity contribution < 1.29 is 5.11 Å². The van der Waals surface area contributed by atoms with Gasteiger partial charge < -0.3 is 15.3 Å². The van der Waals surface area contributed by atoms with Crippen LogP contribution < -0.4 is 5.32 Å². The highest BCUT2D eigenvalue weighted by Gasteiger charge is 2.34. The fraction of sp³-hybridized carbons (Fsp3) is 1.00. The first-order valence-corrected chi connectivity index (χ1v) is 7.28. The molecule has 0 aromatic carbocycles. The van der Waals surface area contributed by atoms with Gasteiger partial charge in [-0.3, -0.25) is 0 Å². The molecule has 1 fully saturated rings. The molecule has 1 aliphatic rings. The fourth-order valence-electron chi connectivity index (χ4n) is 2.64. The van der Waals surface area contributed by atoms with Crippen LogP contribution in [-0.2, 0) is 0 Å². The van der Waals surface area contributed by atoms with Crippen molar-refractivity contribution in [3.63, 3.8) is 0 Å². The molecule has 1 saturated heterocycles. The largest absolute Gasteiger partial charge is 0.388 e. The molecule has 0 aromatic heterocycles. The Morgan fingerprint density at radius 2 is 1.89 bits per heavy atom. The van der Waals surface area contributed by atoms with Crippen LogP contribution in [0.5, 0.6) is 0 Å². The van der Waals surface area contributed by atoms with Gasteiger partial charge in [-0.25, -0.2) is 0 Å². The van der Waals surface area contributed by atoms with E-state index in [2.05, 4.69) is 44.8 Å². The van der Waals surface area contributed by atoms with Gasteiger partial charge in [-0.05, 0) is 31.2 Å². The number of likely N-dealkylation sites (tertiary alicyclic amines) is 1. The summed E-state index contributed by atoms with van der Waals surface area (Å²) in [7, 11) is 0. The smallest absolute Gasteiger partial charge is 0.0869 e. The molecule has 3 nitrogen and oxygen atoms in total. The zero-order chi connectivity index (χ0) is 14.0. The van der Waals surface area contributed by atoms with Crippen molar-refractivity contribution in [2.24, 2.45) is 11.3 Å². The Labute approximate surface area is 113 Å². The molecule has 0 aliphatic carbocycles. The summed E-state index contributed by atoms with van der Waals surface area (Å²) in [5, 5.41) is 13.7. The lowest BCUT2D eigenvalue weighted by Crippen LogP contribution is -2.48. The highest BCUT2D eigenvalue weighted by atomic mass is 16.3. The van der Waals surface area contributed by atoms with E-state index in [1.165, 1.54) is 6.42 Å². The zero-order valence-corrected chi connectivity index (χ0v) is 13.1. The van der Waals surface area contributed by atoms with E-state index in [4.69, 9.17) is 0 Å². The Morgan fingerprint density at radius 1 is 1.28 bits per heavy atom. The number of aliphatic hydroxyl groups is 1. The maximum atomic E-state index is 10.4. The summed E-state index contributed by atoms with van der Waals surface area (Å²) in [5.41, 5.74) is -0.242. The van der Waals surface area contributed by atoms with Crippen molar-refractivity contribution in [3.8, 4) is 0 Å². The summed E-state index contributed by atoms with van der Waals surface area (Å²) >= 11 is 0. The third-order valence-electron chi connectivity index (χ3n) is 3.95. The Bertz CT molecular complexity index is 256. The van der Waals surface area contributed by atoms with E-state index in [1.807, 2.05) is 6.92 Å². The highest BCUT2D eigenvalue weighted by molar-refractivity contribution is 4.88. The molecule has 3 heteroatoms. The Morgan fingerprint density at radius 3 is 2.33 bits per heavy atom. The van der Waals surface area contributed by atoms with Crippen LogP contribution in [0.3, 0.4) is 0 Å². The first kappa shape index (κ1) is 15.9. The summed E-state index contributed by atoms with van der Waals surface area (Å²) in [6.07, 6.45) is 1.26. The lowest BCUT2D eigenvalue weighted by Gasteiger charge is -2.31. The SMILES string of the molecule is CC(C)NCC(C)(O)CN1CCC(C(C)(C)C)C1. The lowest BCUT2D eigenvalue weighted by atomic mass is 9.80. The van der Waals surface area contributed by atoms with Gasteiger partial charge >= 0.3 is 0 Å². The minimum absolute atomic E-state index is 0.386. The second-order valence-corrected chi connectivity index (χ2v) is 7.62. The molecule has 18 heavy (non-hydrogen) atoms. The molecule has 0 bridgehead atoms. The predicted molar refractivity (Wildman–Crippen MR) is 77.8 cm³/mol. The summed E-state index contributed by atoms with van der Waals surface area (Å²) < 4.78 is 0. The van der Waals surface area contributed by atoms with Crippen LogP contribution in [0, 0.1) is 11.3 Å². The third kappa shape index (κ3) is 5.25. The average molecular weight is 256 g/mol. The second-order valence-electron chi connectivity index (χ2n) is 7.62. The summed E-state index contributed by atoms with van der Waals surface area (Å²) in [6, 6.07) is 0.428. The first-order valence-electron chi connectivity index (χ1n) is 7.28. The van der Waals surface area contributed by atoms with Crippen LogP contribution >= 0.6 is 0 Å². The first-order chi connectivity index (χ1) is 8.10. The highest BCUT2D eigenvalue weighted by Crippen LogP contribution is 2.33. The van der Waals surface area contributed by atoms with Crippen molar-refractivity contribution in [1.82, 2.24) is 10.2 Å². The number of hydrogen-bond donors (Lipinski definition) is 2. The quantitative estimate of drug-likeness (QED) is 0.791. The maximum Gasteiger partial charge on any atom is 0.0869 e. The topological polar surface area (TPSA) is 35.5 Å². The van der Waals surface area contributed by atoms with Crippen molar-refractivity contribution in [2.45, 2.75) is 59.6 Å². The summed E-state index contributed by atoms with van der Waals surface area (Å²) in [5.74, 6) is 0.756. The van der Waals surface area contributed by atoms with E-state index in [9.17, 15) is 5.11 Å². The minimum atomic E-state index is -0.628. The molecule has 108 valence electrons. The molecule has 1 aliphatic heterocycles. The lowest BCUT2D eigenvalue weighted by molar-refractivity contribution is 0.0227. The van der Waals surface area contributed by atoms with Crippen LogP contribution in [0.25, 0.3) is 0 Å². The van der Waals surface area contributed by atoms with Crippen molar-refractivity contribution >= 4 is 0 Å². The maximum absolute atomic E-state index is 10.4. The zero-order valence-electron chi connectivity index (χ0n) is 13.1. The van der Waals surface area contributed by atoms with Crippen molar-refractivity contribution in [2.75, 3.05) is 26.2 Å². The standard InChI is InChI=1S/C15H32N2O/c1-12(2)16-10-15(6,18)11-17-8-7-13(9-17)14(3,4)5/h12-13,16,18H,7-11H2,1-6H3. The number of β-amino-alcohol motifs (C(OH)–C–C–N with tert-alkyl or cyclic N) is 1. The summed E-state index contributed by atoms with van der Waals surface area (Å²) in [6.45, 7) is 16.8. The van der Waals surface area contributed by atoms with Gasteiger partial charge in [0.15, 0.2) is 0 Å². The van der Waals surface area contributed by atoms with Crippen molar-refractivity contribution in [3.05, 3.63) is 0 Å². The van der Waals surface area contributed by atoms with E-state index in [-0.39, 0.29) is 0 Å². The van der Waals surface area contributed by atoms with Gasteiger partial charge in [0.25, 0.3) is 0 Å². The third-order valence-corrected chi connectivity index (χ3v) is 3.95. The number of rotatable bonds is 5. The molecular formula is C15H32N2O. The molecule has 0 radical (unpaired) electrons. The van der Waals surface area contributed by atoms with Crippen LogP contribution in [0.1, 0.15) is 48.0 Å². The summed E-state index contributed by atoms with van der Waals surface area (Å²) in [4.78, 5) is 2.41. The number of nitrogens with zero attached hydrogens (tertiary/aromatic N) is 1. The molecule has 0 spiro atoms. The van der Waals surface area contributed by atoms with Gasteiger partial charge in [0.2, 0.25) is 0 Å². The molecule has 0 saturated carbocycles. The second kappa shape index (κ2) is 5.89. The molecule has 0 aromatic rings. The van der Waals surface area contributed by atoms with Gasteiger partial charge in [-0.2, -0.15) is 0 Å². The van der Waals surface area contributed by atoms with Gasteiger partial charge in [0.05, 0.1) is 5.60 Å². The van der Waals surface area contributed by atoms with Crippen LogP contribution in [-0.4, -0.2) is 47.8 Å². The molecule has 2 N–H and O–H groups in total. The molecule has 2 unspecified atom stereocenters. The van der Waals surface area contributed by atoms with E-state index in [0.717, 1.165) is 25.6 Å². The Hall–Kier alpha value is -0.120. The minimum Gasteiger partial charge on any atom is -0.388 e. The predicted octanol–water partition coefficient (Wildman–Crippen LogP) is 2.10. The fourth-order valence-corrected chi connectivity index (χ4v) is 2.64. The number of nitrogens with one attached hydrogen (secondary N) is 1.